The maximum Gasteiger partial charge on any atom is 0.260 e. The van der Waals surface area contributed by atoms with Crippen LogP contribution >= 0.6 is 0 Å². The van der Waals surface area contributed by atoms with Gasteiger partial charge in [0.15, 0.2) is 0 Å². The minimum absolute atomic E-state index is 0.0249. The highest BCUT2D eigenvalue weighted by Gasteiger charge is 2.35. The van der Waals surface area contributed by atoms with E-state index in [4.69, 9.17) is 4.74 Å². The number of nitroso groups, excluding NO2 is 1. The highest BCUT2D eigenvalue weighted by Crippen LogP contribution is 2.45. The summed E-state index contributed by atoms with van der Waals surface area (Å²) in [6, 6.07) is 15.1. The van der Waals surface area contributed by atoms with Crippen LogP contribution < -0.4 is 5.32 Å². The van der Waals surface area contributed by atoms with Gasteiger partial charge in [-0.15, -0.1) is 0 Å². The topological polar surface area (TPSA) is 67.8 Å². The molecule has 2 heterocycles. The molecule has 5 nitrogen and oxygen atoms in total. The molecule has 108 valence electrons. The minimum atomic E-state index is -0.434. The van der Waals surface area contributed by atoms with Crippen LogP contribution in [-0.4, -0.2) is 12.5 Å². The smallest absolute Gasteiger partial charge is 0.260 e. The molecular weight excluding hydrogens is 280 g/mol. The summed E-state index contributed by atoms with van der Waals surface area (Å²) in [5, 5.41) is 5.78. The first-order valence-corrected chi connectivity index (χ1v) is 6.99. The van der Waals surface area contributed by atoms with Crippen LogP contribution in [0.15, 0.2) is 53.7 Å². The van der Waals surface area contributed by atoms with Gasteiger partial charge in [-0.2, -0.15) is 4.91 Å². The normalized spacial score (nSPS) is 21.8. The van der Waals surface area contributed by atoms with E-state index in [0.29, 0.717) is 11.3 Å². The molecule has 1 unspecified atom stereocenters. The molecule has 0 radical (unpaired) electrons. The molecule has 0 aliphatic carbocycles. The summed E-state index contributed by atoms with van der Waals surface area (Å²) < 4.78 is 5.91. The number of anilines is 1. The van der Waals surface area contributed by atoms with E-state index in [2.05, 4.69) is 10.5 Å². The molecule has 2 aromatic carbocycles. The van der Waals surface area contributed by atoms with Gasteiger partial charge in [-0.1, -0.05) is 47.6 Å². The van der Waals surface area contributed by atoms with E-state index >= 15 is 0 Å². The molecule has 5 heteroatoms. The molecule has 2 aliphatic rings. The largest absolute Gasteiger partial charge is 0.482 e. The third kappa shape index (κ3) is 1.75. The number of para-hydroxylation sites is 1. The van der Waals surface area contributed by atoms with Crippen molar-refractivity contribution in [3.8, 4) is 0 Å². The van der Waals surface area contributed by atoms with Crippen LogP contribution in [-0.2, 0) is 9.53 Å². The molecule has 0 aromatic heterocycles. The molecule has 1 atom stereocenters. The summed E-state index contributed by atoms with van der Waals surface area (Å²) >= 11 is 0. The maximum atomic E-state index is 12.4. The summed E-state index contributed by atoms with van der Waals surface area (Å²) in [5.74, 6) is 0.331. The highest BCUT2D eigenvalue weighted by molar-refractivity contribution is 6.36. The number of nitrogens with zero attached hydrogens (tertiary/aromatic N) is 1. The minimum Gasteiger partial charge on any atom is -0.482 e. The van der Waals surface area contributed by atoms with Gasteiger partial charge >= 0.3 is 0 Å². The van der Waals surface area contributed by atoms with Crippen molar-refractivity contribution in [1.29, 1.82) is 0 Å². The van der Waals surface area contributed by atoms with Gasteiger partial charge in [0.25, 0.3) is 5.91 Å². The molecule has 4 rings (SSSR count). The Hall–Kier alpha value is -2.95. The van der Waals surface area contributed by atoms with Crippen LogP contribution in [0.4, 0.5) is 5.69 Å². The zero-order valence-corrected chi connectivity index (χ0v) is 11.6. The Labute approximate surface area is 126 Å². The monoisotopic (exact) mass is 292 g/mol. The number of benzene rings is 2. The number of hydrogen-bond donors (Lipinski definition) is 1. The number of hydrogen-bond acceptors (Lipinski definition) is 4. The van der Waals surface area contributed by atoms with Gasteiger partial charge in [0.2, 0.25) is 0 Å². The average molecular weight is 292 g/mol. The Balaban J connectivity index is 1.93. The predicted octanol–water partition coefficient (Wildman–Crippen LogP) is 3.34. The van der Waals surface area contributed by atoms with Gasteiger partial charge in [-0.05, 0) is 6.07 Å². The molecule has 0 saturated carbocycles. The zero-order valence-electron chi connectivity index (χ0n) is 11.6. The lowest BCUT2D eigenvalue weighted by atomic mass is 9.99. The number of carbonyl (C=O) groups excluding carboxylic acids is 1. The number of amides is 1. The van der Waals surface area contributed by atoms with Crippen LogP contribution in [0.1, 0.15) is 22.8 Å². The lowest BCUT2D eigenvalue weighted by molar-refractivity contribution is -0.110. The summed E-state index contributed by atoms with van der Waals surface area (Å²) in [5.41, 5.74) is 3.83. The molecule has 22 heavy (non-hydrogen) atoms. The lowest BCUT2D eigenvalue weighted by Gasteiger charge is -2.08. The molecule has 2 aliphatic heterocycles. The van der Waals surface area contributed by atoms with Crippen molar-refractivity contribution >= 4 is 22.9 Å². The second-order valence-corrected chi connectivity index (χ2v) is 5.21. The molecular formula is C17H12N2O3. The van der Waals surface area contributed by atoms with E-state index in [0.717, 1.165) is 22.4 Å². The van der Waals surface area contributed by atoms with Gasteiger partial charge in [-0.25, -0.2) is 0 Å². The number of nitrogens with one attached hydrogen (secondary N) is 1. The molecule has 2 aromatic rings. The van der Waals surface area contributed by atoms with Crippen molar-refractivity contribution in [2.24, 2.45) is 5.18 Å². The van der Waals surface area contributed by atoms with Crippen LogP contribution in [0.5, 0.6) is 0 Å². The molecule has 1 amide bonds. The Morgan fingerprint density at radius 3 is 2.59 bits per heavy atom. The summed E-state index contributed by atoms with van der Waals surface area (Å²) in [6.07, 6.45) is -0.434. The fourth-order valence-electron chi connectivity index (χ4n) is 2.99. The first-order valence-electron chi connectivity index (χ1n) is 6.99. The van der Waals surface area contributed by atoms with Crippen molar-refractivity contribution in [2.75, 3.05) is 11.9 Å². The predicted molar refractivity (Wildman–Crippen MR) is 82.8 cm³/mol. The van der Waals surface area contributed by atoms with Gasteiger partial charge in [0.05, 0.1) is 5.57 Å². The zero-order chi connectivity index (χ0) is 15.1. The number of ether oxygens (including phenoxy) is 1. The van der Waals surface area contributed by atoms with Gasteiger partial charge in [0.1, 0.15) is 18.4 Å². The molecule has 0 saturated heterocycles. The fourth-order valence-corrected chi connectivity index (χ4v) is 2.99. The standard InChI is InChI=1S/C17H12N2O3/c20-17-15(12-7-3-4-8-13(12)19-17)16-11-6-2-1-5-10(11)14(22-16)9-18-21/h1-8,14H,9H2,(H,19,20)/b16-15+. The molecule has 0 fully saturated rings. The highest BCUT2D eigenvalue weighted by atomic mass is 16.5. The van der Waals surface area contributed by atoms with E-state index < -0.39 is 6.10 Å². The Kier molecular flexibility index (Phi) is 2.79. The average Bonchev–Trinajstić information content (AvgIpc) is 3.05. The third-order valence-electron chi connectivity index (χ3n) is 3.95. The van der Waals surface area contributed by atoms with Gasteiger partial charge in [-0.3, -0.25) is 4.79 Å². The second kappa shape index (κ2) is 4.80. The number of carbonyl (C=O) groups is 1. The van der Waals surface area contributed by atoms with Gasteiger partial charge in [0, 0.05) is 22.4 Å². The van der Waals surface area contributed by atoms with Crippen molar-refractivity contribution in [1.82, 2.24) is 0 Å². The quantitative estimate of drug-likeness (QED) is 0.681. The first kappa shape index (κ1) is 12.8. The Bertz CT molecular complexity index is 826. The van der Waals surface area contributed by atoms with E-state index in [-0.39, 0.29) is 12.5 Å². The molecule has 0 bridgehead atoms. The summed E-state index contributed by atoms with van der Waals surface area (Å²) in [7, 11) is 0. The van der Waals surface area contributed by atoms with Crippen LogP contribution in [0.25, 0.3) is 11.3 Å². The summed E-state index contributed by atoms with van der Waals surface area (Å²) in [6.45, 7) is 0.0249. The lowest BCUT2D eigenvalue weighted by Crippen LogP contribution is -2.06. The van der Waals surface area contributed by atoms with Crippen molar-refractivity contribution in [3.05, 3.63) is 70.1 Å². The fraction of sp³-hybridized carbons (Fsp3) is 0.118. The number of fused-ring (bicyclic) bond motifs is 2. The van der Waals surface area contributed by atoms with E-state index in [1.165, 1.54) is 0 Å². The van der Waals surface area contributed by atoms with Crippen LogP contribution in [0, 0.1) is 4.91 Å². The third-order valence-corrected chi connectivity index (χ3v) is 3.95. The summed E-state index contributed by atoms with van der Waals surface area (Å²) in [4.78, 5) is 23.0. The van der Waals surface area contributed by atoms with Crippen molar-refractivity contribution < 1.29 is 9.53 Å². The number of rotatable bonds is 2. The van der Waals surface area contributed by atoms with Gasteiger partial charge < -0.3 is 10.1 Å². The van der Waals surface area contributed by atoms with E-state index in [1.807, 2.05) is 48.5 Å². The van der Waals surface area contributed by atoms with Crippen LogP contribution in [0.3, 0.4) is 0 Å². The van der Waals surface area contributed by atoms with E-state index in [1.54, 1.807) is 0 Å². The Morgan fingerprint density at radius 2 is 1.77 bits per heavy atom. The maximum absolute atomic E-state index is 12.4. The Morgan fingerprint density at radius 1 is 1.05 bits per heavy atom. The molecule has 0 spiro atoms. The SMILES string of the molecule is O=NCC1O/C(=C2/C(=O)Nc3ccccc32)c2ccccc21. The van der Waals surface area contributed by atoms with Crippen LogP contribution in [0.2, 0.25) is 0 Å². The first-order chi connectivity index (χ1) is 10.8. The molecule has 1 N–H and O–H groups in total. The van der Waals surface area contributed by atoms with Crippen molar-refractivity contribution in [3.63, 3.8) is 0 Å². The second-order valence-electron chi connectivity index (χ2n) is 5.21. The van der Waals surface area contributed by atoms with Crippen molar-refractivity contribution in [2.45, 2.75) is 6.10 Å². The van der Waals surface area contributed by atoms with E-state index in [9.17, 15) is 9.70 Å².